The molecule has 2 aromatic carbocycles. The molecule has 0 aliphatic carbocycles. The van der Waals surface area contributed by atoms with Gasteiger partial charge < -0.3 is 10.5 Å². The number of anilines is 1. The third-order valence-electron chi connectivity index (χ3n) is 2.75. The van der Waals surface area contributed by atoms with Crippen LogP contribution in [0.4, 0.5) is 14.5 Å². The maximum Gasteiger partial charge on any atom is 0.186 e. The van der Waals surface area contributed by atoms with Gasteiger partial charge in [-0.3, -0.25) is 0 Å². The van der Waals surface area contributed by atoms with Gasteiger partial charge in [0.2, 0.25) is 0 Å². The van der Waals surface area contributed by atoms with Crippen molar-refractivity contribution >= 4 is 28.3 Å². The molecule has 0 fully saturated rings. The fourth-order valence-electron chi connectivity index (χ4n) is 1.71. The van der Waals surface area contributed by atoms with E-state index in [1.54, 1.807) is 26.0 Å². The van der Waals surface area contributed by atoms with Crippen LogP contribution < -0.4 is 10.5 Å². The average Bonchev–Trinajstić information content (AvgIpc) is 2.34. The maximum atomic E-state index is 14.0. The monoisotopic (exact) mass is 375 g/mol. The fourth-order valence-corrected chi connectivity index (χ4v) is 2.16. The van der Waals surface area contributed by atoms with Gasteiger partial charge in [-0.1, -0.05) is 6.07 Å². The van der Waals surface area contributed by atoms with E-state index in [1.165, 1.54) is 12.1 Å². The van der Waals surface area contributed by atoms with Crippen LogP contribution in [-0.4, -0.2) is 0 Å². The molecule has 0 atom stereocenters. The molecule has 0 aromatic heterocycles. The summed E-state index contributed by atoms with van der Waals surface area (Å²) < 4.78 is 33.8. The van der Waals surface area contributed by atoms with Crippen molar-refractivity contribution in [3.8, 4) is 11.5 Å². The molecule has 0 saturated heterocycles. The first kappa shape index (κ1) is 14.0. The van der Waals surface area contributed by atoms with Crippen molar-refractivity contribution in [1.29, 1.82) is 0 Å². The minimum Gasteiger partial charge on any atom is -0.449 e. The molecule has 0 saturated carbocycles. The van der Waals surface area contributed by atoms with Crippen molar-refractivity contribution in [2.24, 2.45) is 0 Å². The number of ether oxygens (including phenoxy) is 1. The molecule has 2 aromatic rings. The number of aryl methyl sites for hydroxylation is 2. The predicted octanol–water partition coefficient (Wildman–Crippen LogP) is 4.56. The van der Waals surface area contributed by atoms with Crippen LogP contribution in [0.25, 0.3) is 0 Å². The summed E-state index contributed by atoms with van der Waals surface area (Å²) in [6.45, 7) is 3.36. The van der Waals surface area contributed by atoms with Crippen LogP contribution in [0, 0.1) is 29.1 Å². The summed E-state index contributed by atoms with van der Waals surface area (Å²) in [5.74, 6) is -1.29. The summed E-state index contributed by atoms with van der Waals surface area (Å²) in [7, 11) is 0. The first-order valence-electron chi connectivity index (χ1n) is 5.58. The molecule has 0 aliphatic heterocycles. The molecule has 5 heteroatoms. The van der Waals surface area contributed by atoms with E-state index < -0.39 is 11.6 Å². The van der Waals surface area contributed by atoms with Crippen molar-refractivity contribution in [1.82, 2.24) is 0 Å². The number of benzene rings is 2. The third kappa shape index (κ3) is 2.80. The normalized spacial score (nSPS) is 10.6. The van der Waals surface area contributed by atoms with Crippen molar-refractivity contribution in [3.63, 3.8) is 0 Å². The van der Waals surface area contributed by atoms with Crippen molar-refractivity contribution in [2.45, 2.75) is 13.8 Å². The van der Waals surface area contributed by atoms with Gasteiger partial charge in [-0.25, -0.2) is 8.78 Å². The van der Waals surface area contributed by atoms with Gasteiger partial charge in [0.15, 0.2) is 23.1 Å². The molecule has 2 rings (SSSR count). The second-order valence-corrected chi connectivity index (χ2v) is 5.49. The topological polar surface area (TPSA) is 35.2 Å². The lowest BCUT2D eigenvalue weighted by Crippen LogP contribution is -2.01. The van der Waals surface area contributed by atoms with E-state index in [1.807, 2.05) is 22.6 Å². The van der Waals surface area contributed by atoms with Gasteiger partial charge in [0.05, 0.1) is 5.69 Å². The maximum absolute atomic E-state index is 14.0. The van der Waals surface area contributed by atoms with Crippen molar-refractivity contribution in [2.75, 3.05) is 5.73 Å². The number of nitrogen functional groups attached to an aromatic ring is 1. The minimum absolute atomic E-state index is 0.0454. The number of halogens is 3. The molecule has 0 heterocycles. The largest absolute Gasteiger partial charge is 0.449 e. The van der Waals surface area contributed by atoms with E-state index in [2.05, 4.69) is 0 Å². The van der Waals surface area contributed by atoms with Crippen LogP contribution in [0.1, 0.15) is 11.1 Å². The summed E-state index contributed by atoms with van der Waals surface area (Å²) in [4.78, 5) is 0. The number of hydrogen-bond donors (Lipinski definition) is 1. The summed E-state index contributed by atoms with van der Waals surface area (Å²) in [6.07, 6.45) is 0. The van der Waals surface area contributed by atoms with E-state index in [-0.39, 0.29) is 17.2 Å². The van der Waals surface area contributed by atoms with E-state index in [4.69, 9.17) is 10.5 Å². The van der Waals surface area contributed by atoms with Gasteiger partial charge in [0.1, 0.15) is 0 Å². The number of nitrogens with two attached hydrogens (primary N) is 1. The zero-order valence-corrected chi connectivity index (χ0v) is 12.6. The summed E-state index contributed by atoms with van der Waals surface area (Å²) in [5.41, 5.74) is 7.08. The lowest BCUT2D eigenvalue weighted by atomic mass is 10.1. The van der Waals surface area contributed by atoms with Crippen LogP contribution >= 0.6 is 22.6 Å². The Morgan fingerprint density at radius 1 is 1.11 bits per heavy atom. The summed E-state index contributed by atoms with van der Waals surface area (Å²) >= 11 is 1.98. The zero-order chi connectivity index (χ0) is 14.2. The minimum atomic E-state index is -0.568. The highest BCUT2D eigenvalue weighted by atomic mass is 127. The molecular formula is C14H12F2INO. The SMILES string of the molecule is Cc1cc(C)c(F)c(Oc2ccc(I)cc2F)c1N. The van der Waals surface area contributed by atoms with Crippen molar-refractivity contribution in [3.05, 3.63) is 50.6 Å². The summed E-state index contributed by atoms with van der Waals surface area (Å²) in [6, 6.07) is 6.07. The fraction of sp³-hybridized carbons (Fsp3) is 0.143. The molecule has 0 amide bonds. The molecule has 0 aliphatic rings. The van der Waals surface area contributed by atoms with Gasteiger partial charge in [-0.2, -0.15) is 0 Å². The molecule has 2 N–H and O–H groups in total. The molecule has 0 radical (unpaired) electrons. The Labute approximate surface area is 123 Å². The lowest BCUT2D eigenvalue weighted by molar-refractivity contribution is 0.414. The number of rotatable bonds is 2. The van der Waals surface area contributed by atoms with E-state index >= 15 is 0 Å². The summed E-state index contributed by atoms with van der Waals surface area (Å²) in [5, 5.41) is 0. The van der Waals surface area contributed by atoms with Crippen LogP contribution in [0.3, 0.4) is 0 Å². The van der Waals surface area contributed by atoms with E-state index in [0.717, 1.165) is 3.57 Å². The Kier molecular flexibility index (Phi) is 3.93. The lowest BCUT2D eigenvalue weighted by Gasteiger charge is -2.13. The van der Waals surface area contributed by atoms with E-state index in [0.29, 0.717) is 11.1 Å². The van der Waals surface area contributed by atoms with Crippen molar-refractivity contribution < 1.29 is 13.5 Å². The van der Waals surface area contributed by atoms with Crippen LogP contribution in [0.2, 0.25) is 0 Å². The standard InChI is InChI=1S/C14H12F2INO/c1-7-5-8(2)13(18)14(12(7)16)19-11-4-3-9(17)6-10(11)15/h3-6H,18H2,1-2H3. The Balaban J connectivity index is 2.49. The third-order valence-corrected chi connectivity index (χ3v) is 3.42. The first-order chi connectivity index (χ1) is 8.90. The highest BCUT2D eigenvalue weighted by Crippen LogP contribution is 2.35. The van der Waals surface area contributed by atoms with Gasteiger partial charge in [-0.05, 0) is 65.8 Å². The average molecular weight is 375 g/mol. The Hall–Kier alpha value is -1.37. The first-order valence-corrected chi connectivity index (χ1v) is 6.66. The second kappa shape index (κ2) is 5.32. The van der Waals surface area contributed by atoms with Gasteiger partial charge in [0.25, 0.3) is 0 Å². The molecule has 0 unspecified atom stereocenters. The van der Waals surface area contributed by atoms with Crippen LogP contribution in [0.15, 0.2) is 24.3 Å². The Morgan fingerprint density at radius 3 is 2.42 bits per heavy atom. The predicted molar refractivity (Wildman–Crippen MR) is 79.5 cm³/mol. The zero-order valence-electron chi connectivity index (χ0n) is 10.4. The van der Waals surface area contributed by atoms with Gasteiger partial charge in [-0.15, -0.1) is 0 Å². The molecule has 0 spiro atoms. The highest BCUT2D eigenvalue weighted by molar-refractivity contribution is 14.1. The second-order valence-electron chi connectivity index (χ2n) is 4.24. The molecule has 100 valence electrons. The smallest absolute Gasteiger partial charge is 0.186 e. The van der Waals surface area contributed by atoms with Gasteiger partial charge in [0, 0.05) is 3.57 Å². The van der Waals surface area contributed by atoms with Crippen LogP contribution in [-0.2, 0) is 0 Å². The Morgan fingerprint density at radius 2 is 1.79 bits per heavy atom. The van der Waals surface area contributed by atoms with Crippen LogP contribution in [0.5, 0.6) is 11.5 Å². The Bertz CT molecular complexity index is 618. The number of hydrogen-bond acceptors (Lipinski definition) is 2. The highest BCUT2D eigenvalue weighted by Gasteiger charge is 2.16. The molecule has 19 heavy (non-hydrogen) atoms. The molecular weight excluding hydrogens is 363 g/mol. The quantitative estimate of drug-likeness (QED) is 0.617. The molecule has 0 bridgehead atoms. The van der Waals surface area contributed by atoms with Gasteiger partial charge >= 0.3 is 0 Å². The molecule has 2 nitrogen and oxygen atoms in total. The van der Waals surface area contributed by atoms with E-state index in [9.17, 15) is 8.78 Å².